The lowest BCUT2D eigenvalue weighted by Gasteiger charge is -2.19. The van der Waals surface area contributed by atoms with Gasteiger partial charge in [0.2, 0.25) is 0 Å². The zero-order valence-corrected chi connectivity index (χ0v) is 11.4. The highest BCUT2D eigenvalue weighted by atomic mass is 35.5. The van der Waals surface area contributed by atoms with Crippen LogP contribution < -0.4 is 0 Å². The molecule has 0 amide bonds. The van der Waals surface area contributed by atoms with Crippen LogP contribution in [-0.4, -0.2) is 5.11 Å². The maximum atomic E-state index is 13.0. The molecule has 1 rings (SSSR count). The van der Waals surface area contributed by atoms with Crippen LogP contribution >= 0.6 is 11.6 Å². The van der Waals surface area contributed by atoms with Gasteiger partial charge in [0.05, 0.1) is 11.1 Å². The zero-order chi connectivity index (χ0) is 13.1. The van der Waals surface area contributed by atoms with E-state index in [2.05, 4.69) is 20.8 Å². The lowest BCUT2D eigenvalue weighted by atomic mass is 9.88. The molecule has 0 radical (unpaired) electrons. The zero-order valence-electron chi connectivity index (χ0n) is 10.6. The number of aliphatic hydroxyl groups excluding tert-OH is 1. The lowest BCUT2D eigenvalue weighted by Crippen LogP contribution is -2.06. The molecular formula is C14H20ClFO. The van der Waals surface area contributed by atoms with Gasteiger partial charge in [0.15, 0.2) is 0 Å². The van der Waals surface area contributed by atoms with Gasteiger partial charge >= 0.3 is 0 Å². The van der Waals surface area contributed by atoms with Crippen molar-refractivity contribution in [2.75, 3.05) is 0 Å². The molecule has 17 heavy (non-hydrogen) atoms. The molecule has 3 heteroatoms. The van der Waals surface area contributed by atoms with Gasteiger partial charge < -0.3 is 5.11 Å². The van der Waals surface area contributed by atoms with Gasteiger partial charge in [-0.1, -0.05) is 44.9 Å². The molecule has 0 spiro atoms. The Balaban J connectivity index is 2.52. The van der Waals surface area contributed by atoms with Crippen LogP contribution in [-0.2, 0) is 0 Å². The van der Waals surface area contributed by atoms with Crippen molar-refractivity contribution < 1.29 is 9.50 Å². The molecule has 1 aromatic carbocycles. The summed E-state index contributed by atoms with van der Waals surface area (Å²) < 4.78 is 13.0. The highest BCUT2D eigenvalue weighted by molar-refractivity contribution is 6.30. The van der Waals surface area contributed by atoms with Gasteiger partial charge in [0, 0.05) is 0 Å². The SMILES string of the molecule is CC(C)(C)CCCC(O)c1ccc(F)c(Cl)c1. The maximum absolute atomic E-state index is 13.0. The maximum Gasteiger partial charge on any atom is 0.141 e. The lowest BCUT2D eigenvalue weighted by molar-refractivity contribution is 0.158. The molecule has 0 saturated heterocycles. The van der Waals surface area contributed by atoms with Gasteiger partial charge in [-0.15, -0.1) is 0 Å². The third kappa shape index (κ3) is 5.05. The average molecular weight is 259 g/mol. The summed E-state index contributed by atoms with van der Waals surface area (Å²) in [5, 5.41) is 10.0. The van der Waals surface area contributed by atoms with Crippen LogP contribution in [0.15, 0.2) is 18.2 Å². The van der Waals surface area contributed by atoms with Crippen molar-refractivity contribution in [3.8, 4) is 0 Å². The molecule has 0 heterocycles. The fraction of sp³-hybridized carbons (Fsp3) is 0.571. The Morgan fingerprint density at radius 1 is 1.35 bits per heavy atom. The van der Waals surface area contributed by atoms with E-state index in [0.717, 1.165) is 12.8 Å². The van der Waals surface area contributed by atoms with Crippen molar-refractivity contribution in [2.24, 2.45) is 5.41 Å². The third-order valence-electron chi connectivity index (χ3n) is 2.73. The Bertz CT molecular complexity index is 371. The van der Waals surface area contributed by atoms with Gasteiger partial charge in [0.25, 0.3) is 0 Å². The van der Waals surface area contributed by atoms with Gasteiger partial charge in [-0.3, -0.25) is 0 Å². The first-order valence-electron chi connectivity index (χ1n) is 5.92. The number of halogens is 2. The van der Waals surface area contributed by atoms with Crippen molar-refractivity contribution in [2.45, 2.75) is 46.1 Å². The summed E-state index contributed by atoms with van der Waals surface area (Å²) in [6.07, 6.45) is 2.12. The van der Waals surface area contributed by atoms with Gasteiger partial charge in [-0.2, -0.15) is 0 Å². The number of rotatable bonds is 4. The van der Waals surface area contributed by atoms with Crippen LogP contribution in [0.3, 0.4) is 0 Å². The van der Waals surface area contributed by atoms with E-state index in [-0.39, 0.29) is 10.4 Å². The number of benzene rings is 1. The Kier molecular flexibility index (Phi) is 4.96. The first kappa shape index (κ1) is 14.5. The van der Waals surface area contributed by atoms with Crippen LogP contribution in [0.25, 0.3) is 0 Å². The normalized spacial score (nSPS) is 13.8. The molecule has 96 valence electrons. The molecule has 0 fully saturated rings. The van der Waals surface area contributed by atoms with Crippen LogP contribution in [0.5, 0.6) is 0 Å². The second-order valence-electron chi connectivity index (χ2n) is 5.64. The van der Waals surface area contributed by atoms with Crippen molar-refractivity contribution >= 4 is 11.6 Å². The quantitative estimate of drug-likeness (QED) is 0.828. The summed E-state index contributed by atoms with van der Waals surface area (Å²) in [6.45, 7) is 6.52. The molecule has 0 aliphatic carbocycles. The second kappa shape index (κ2) is 5.83. The van der Waals surface area contributed by atoms with Gasteiger partial charge in [-0.25, -0.2) is 4.39 Å². The summed E-state index contributed by atoms with van der Waals surface area (Å²) in [6, 6.07) is 4.38. The topological polar surface area (TPSA) is 20.2 Å². The summed E-state index contributed by atoms with van der Waals surface area (Å²) in [7, 11) is 0. The number of hydrogen-bond donors (Lipinski definition) is 1. The highest BCUT2D eigenvalue weighted by Gasteiger charge is 2.13. The van der Waals surface area contributed by atoms with E-state index in [4.69, 9.17) is 11.6 Å². The van der Waals surface area contributed by atoms with Crippen molar-refractivity contribution in [3.05, 3.63) is 34.6 Å². The fourth-order valence-electron chi connectivity index (χ4n) is 1.71. The van der Waals surface area contributed by atoms with Crippen LogP contribution in [0, 0.1) is 11.2 Å². The minimum Gasteiger partial charge on any atom is -0.388 e. The predicted molar refractivity (Wildman–Crippen MR) is 69.7 cm³/mol. The van der Waals surface area contributed by atoms with Crippen molar-refractivity contribution in [1.29, 1.82) is 0 Å². The Labute approximate surface area is 108 Å². The van der Waals surface area contributed by atoms with Crippen LogP contribution in [0.4, 0.5) is 4.39 Å². The molecule has 0 bridgehead atoms. The predicted octanol–water partition coefficient (Wildman–Crippen LogP) is 4.73. The first-order chi connectivity index (χ1) is 7.79. The minimum atomic E-state index is -0.560. The Hall–Kier alpha value is -0.600. The van der Waals surface area contributed by atoms with Gasteiger partial charge in [-0.05, 0) is 36.0 Å². The highest BCUT2D eigenvalue weighted by Crippen LogP contribution is 2.27. The molecule has 0 saturated carbocycles. The van der Waals surface area contributed by atoms with E-state index >= 15 is 0 Å². The smallest absolute Gasteiger partial charge is 0.141 e. The van der Waals surface area contributed by atoms with E-state index in [1.54, 1.807) is 6.07 Å². The Morgan fingerprint density at radius 3 is 2.53 bits per heavy atom. The summed E-state index contributed by atoms with van der Waals surface area (Å²) in [5.41, 5.74) is 0.963. The Morgan fingerprint density at radius 2 is 2.00 bits per heavy atom. The second-order valence-corrected chi connectivity index (χ2v) is 6.05. The molecule has 0 aliphatic heterocycles. The van der Waals surface area contributed by atoms with E-state index in [9.17, 15) is 9.50 Å². The third-order valence-corrected chi connectivity index (χ3v) is 3.02. The van der Waals surface area contributed by atoms with E-state index in [1.807, 2.05) is 0 Å². The monoisotopic (exact) mass is 258 g/mol. The molecule has 0 aromatic heterocycles. The van der Waals surface area contributed by atoms with E-state index < -0.39 is 11.9 Å². The molecular weight excluding hydrogens is 239 g/mol. The fourth-order valence-corrected chi connectivity index (χ4v) is 1.90. The van der Waals surface area contributed by atoms with Gasteiger partial charge in [0.1, 0.15) is 5.82 Å². The molecule has 1 atom stereocenters. The molecule has 0 aliphatic rings. The summed E-state index contributed by atoms with van der Waals surface area (Å²) in [4.78, 5) is 0. The van der Waals surface area contributed by atoms with E-state index in [0.29, 0.717) is 12.0 Å². The van der Waals surface area contributed by atoms with Crippen molar-refractivity contribution in [3.63, 3.8) is 0 Å². The number of aliphatic hydroxyl groups is 1. The molecule has 1 nitrogen and oxygen atoms in total. The van der Waals surface area contributed by atoms with E-state index in [1.165, 1.54) is 12.1 Å². The molecule has 1 N–H and O–H groups in total. The summed E-state index contributed by atoms with van der Waals surface area (Å²) in [5.74, 6) is -0.447. The van der Waals surface area contributed by atoms with Crippen LogP contribution in [0.1, 0.15) is 51.7 Å². The standard InChI is InChI=1S/C14H20ClFO/c1-14(2,3)8-4-5-13(17)10-6-7-12(16)11(15)9-10/h6-7,9,13,17H,4-5,8H2,1-3H3. The molecule has 1 aromatic rings. The average Bonchev–Trinajstić information content (AvgIpc) is 2.20. The molecule has 1 unspecified atom stereocenters. The van der Waals surface area contributed by atoms with Crippen molar-refractivity contribution in [1.82, 2.24) is 0 Å². The first-order valence-corrected chi connectivity index (χ1v) is 6.30. The summed E-state index contributed by atoms with van der Waals surface area (Å²) >= 11 is 5.68. The minimum absolute atomic E-state index is 0.0670. The van der Waals surface area contributed by atoms with Crippen LogP contribution in [0.2, 0.25) is 5.02 Å². The number of hydrogen-bond acceptors (Lipinski definition) is 1. The largest absolute Gasteiger partial charge is 0.388 e.